The molecule has 1 aromatic heterocycles. The highest BCUT2D eigenvalue weighted by Gasteiger charge is 2.05. The summed E-state index contributed by atoms with van der Waals surface area (Å²) < 4.78 is 0. The van der Waals surface area contributed by atoms with E-state index in [9.17, 15) is 4.79 Å². The number of aromatic nitrogens is 2. The average Bonchev–Trinajstić information content (AvgIpc) is 2.39. The topological polar surface area (TPSA) is 80.9 Å². The Hall–Kier alpha value is -2.43. The first-order valence-corrected chi connectivity index (χ1v) is 5.66. The third-order valence-electron chi connectivity index (χ3n) is 2.49. The van der Waals surface area contributed by atoms with Gasteiger partial charge in [-0.15, -0.1) is 0 Å². The molecule has 1 amide bonds. The van der Waals surface area contributed by atoms with E-state index < -0.39 is 0 Å². The highest BCUT2D eigenvalue weighted by Crippen LogP contribution is 2.12. The van der Waals surface area contributed by atoms with Crippen molar-refractivity contribution in [2.45, 2.75) is 12.8 Å². The second-order valence-corrected chi connectivity index (χ2v) is 3.82. The van der Waals surface area contributed by atoms with E-state index in [-0.39, 0.29) is 5.91 Å². The van der Waals surface area contributed by atoms with Gasteiger partial charge in [0.1, 0.15) is 0 Å². The van der Waals surface area contributed by atoms with Crippen molar-refractivity contribution < 1.29 is 4.79 Å². The monoisotopic (exact) mass is 242 g/mol. The lowest BCUT2D eigenvalue weighted by molar-refractivity contribution is -0.116. The number of amides is 1. The number of nitrogen functional groups attached to an aromatic ring is 1. The van der Waals surface area contributed by atoms with E-state index >= 15 is 0 Å². The van der Waals surface area contributed by atoms with E-state index in [0.29, 0.717) is 24.5 Å². The molecule has 0 saturated heterocycles. The van der Waals surface area contributed by atoms with Gasteiger partial charge >= 0.3 is 0 Å². The highest BCUT2D eigenvalue weighted by atomic mass is 16.1. The lowest BCUT2D eigenvalue weighted by Crippen LogP contribution is -2.14. The summed E-state index contributed by atoms with van der Waals surface area (Å²) in [7, 11) is 0. The summed E-state index contributed by atoms with van der Waals surface area (Å²) in [6, 6.07) is 9.22. The third-order valence-corrected chi connectivity index (χ3v) is 2.49. The molecule has 0 aliphatic heterocycles. The Kier molecular flexibility index (Phi) is 3.86. The Morgan fingerprint density at radius 2 is 1.89 bits per heavy atom. The number of nitrogens with two attached hydrogens (primary N) is 1. The summed E-state index contributed by atoms with van der Waals surface area (Å²) in [5.74, 6) is 0.202. The standard InChI is InChI=1S/C13H14N4O/c14-11-5-2-1-4-10(11)6-7-12(18)17-13-15-8-3-9-16-13/h1-5,8-9H,6-7,14H2,(H,15,16,17,18). The van der Waals surface area contributed by atoms with Gasteiger partial charge in [-0.25, -0.2) is 9.97 Å². The zero-order chi connectivity index (χ0) is 12.8. The first-order chi connectivity index (χ1) is 8.75. The fraction of sp³-hybridized carbons (Fsp3) is 0.154. The second kappa shape index (κ2) is 5.77. The predicted molar refractivity (Wildman–Crippen MR) is 69.8 cm³/mol. The molecule has 2 aromatic rings. The van der Waals surface area contributed by atoms with Crippen LogP contribution in [0.4, 0.5) is 11.6 Å². The molecular formula is C13H14N4O. The number of aryl methyl sites for hydroxylation is 1. The first-order valence-electron chi connectivity index (χ1n) is 5.66. The maximum absolute atomic E-state index is 11.7. The maximum atomic E-state index is 11.7. The van der Waals surface area contributed by atoms with E-state index in [1.54, 1.807) is 18.5 Å². The summed E-state index contributed by atoms with van der Waals surface area (Å²) >= 11 is 0. The molecule has 0 atom stereocenters. The van der Waals surface area contributed by atoms with Crippen LogP contribution in [0.25, 0.3) is 0 Å². The molecule has 1 heterocycles. The van der Waals surface area contributed by atoms with Crippen LogP contribution >= 0.6 is 0 Å². The van der Waals surface area contributed by atoms with Gasteiger partial charge in [-0.05, 0) is 24.1 Å². The van der Waals surface area contributed by atoms with Gasteiger partial charge < -0.3 is 5.73 Å². The molecule has 0 bridgehead atoms. The SMILES string of the molecule is Nc1ccccc1CCC(=O)Nc1ncccn1. The van der Waals surface area contributed by atoms with E-state index in [0.717, 1.165) is 5.56 Å². The second-order valence-electron chi connectivity index (χ2n) is 3.82. The number of carbonyl (C=O) groups excluding carboxylic acids is 1. The normalized spacial score (nSPS) is 10.0. The fourth-order valence-electron chi connectivity index (χ4n) is 1.56. The molecule has 0 fully saturated rings. The van der Waals surface area contributed by atoms with Crippen LogP contribution in [-0.2, 0) is 11.2 Å². The summed E-state index contributed by atoms with van der Waals surface area (Å²) in [5.41, 5.74) is 7.49. The number of anilines is 2. The molecule has 92 valence electrons. The van der Waals surface area contributed by atoms with Crippen LogP contribution < -0.4 is 11.1 Å². The molecule has 3 N–H and O–H groups in total. The Balaban J connectivity index is 1.88. The van der Waals surface area contributed by atoms with Gasteiger partial charge in [0.25, 0.3) is 0 Å². The Morgan fingerprint density at radius 3 is 2.61 bits per heavy atom. The number of nitrogens with zero attached hydrogens (tertiary/aromatic N) is 2. The quantitative estimate of drug-likeness (QED) is 0.798. The molecule has 0 radical (unpaired) electrons. The zero-order valence-electron chi connectivity index (χ0n) is 9.84. The zero-order valence-corrected chi connectivity index (χ0v) is 9.84. The molecule has 2 rings (SSSR count). The molecule has 5 nitrogen and oxygen atoms in total. The van der Waals surface area contributed by atoms with Crippen LogP contribution in [0.3, 0.4) is 0 Å². The number of nitrogens with one attached hydrogen (secondary N) is 1. The number of rotatable bonds is 4. The van der Waals surface area contributed by atoms with Crippen LogP contribution in [0.1, 0.15) is 12.0 Å². The van der Waals surface area contributed by atoms with Crippen LogP contribution in [0, 0.1) is 0 Å². The number of para-hydroxylation sites is 1. The Morgan fingerprint density at radius 1 is 1.17 bits per heavy atom. The van der Waals surface area contributed by atoms with Gasteiger partial charge in [-0.1, -0.05) is 18.2 Å². The van der Waals surface area contributed by atoms with E-state index in [4.69, 9.17) is 5.73 Å². The van der Waals surface area contributed by atoms with Gasteiger partial charge in [-0.2, -0.15) is 0 Å². The van der Waals surface area contributed by atoms with Crippen molar-refractivity contribution in [1.82, 2.24) is 9.97 Å². The highest BCUT2D eigenvalue weighted by molar-refractivity contribution is 5.89. The molecular weight excluding hydrogens is 228 g/mol. The summed E-state index contributed by atoms with van der Waals surface area (Å²) in [6.45, 7) is 0. The molecule has 0 unspecified atom stereocenters. The molecule has 5 heteroatoms. The molecule has 18 heavy (non-hydrogen) atoms. The van der Waals surface area contributed by atoms with Crippen LogP contribution in [0.5, 0.6) is 0 Å². The maximum Gasteiger partial charge on any atom is 0.229 e. The fourth-order valence-corrected chi connectivity index (χ4v) is 1.56. The number of hydrogen-bond acceptors (Lipinski definition) is 4. The van der Waals surface area contributed by atoms with Gasteiger partial charge in [0.15, 0.2) is 0 Å². The van der Waals surface area contributed by atoms with Gasteiger partial charge in [-0.3, -0.25) is 10.1 Å². The van der Waals surface area contributed by atoms with Crippen molar-refractivity contribution in [2.24, 2.45) is 0 Å². The largest absolute Gasteiger partial charge is 0.399 e. The van der Waals surface area contributed by atoms with Crippen molar-refractivity contribution in [3.8, 4) is 0 Å². The predicted octanol–water partition coefficient (Wildman–Crippen LogP) is 1.63. The van der Waals surface area contributed by atoms with Gasteiger partial charge in [0.2, 0.25) is 11.9 Å². The number of benzene rings is 1. The molecule has 0 saturated carbocycles. The van der Waals surface area contributed by atoms with Crippen molar-refractivity contribution in [3.63, 3.8) is 0 Å². The number of carbonyl (C=O) groups is 1. The minimum absolute atomic E-state index is 0.121. The molecule has 0 aliphatic carbocycles. The summed E-state index contributed by atoms with van der Waals surface area (Å²) in [6.07, 6.45) is 4.12. The van der Waals surface area contributed by atoms with E-state index in [1.165, 1.54) is 0 Å². The summed E-state index contributed by atoms with van der Waals surface area (Å²) in [5, 5.41) is 2.63. The average molecular weight is 242 g/mol. The minimum atomic E-state index is -0.121. The van der Waals surface area contributed by atoms with Crippen molar-refractivity contribution >= 4 is 17.5 Å². The van der Waals surface area contributed by atoms with Crippen molar-refractivity contribution in [2.75, 3.05) is 11.1 Å². The molecule has 0 spiro atoms. The van der Waals surface area contributed by atoms with Gasteiger partial charge in [0.05, 0.1) is 0 Å². The Bertz CT molecular complexity index is 528. The minimum Gasteiger partial charge on any atom is -0.399 e. The van der Waals surface area contributed by atoms with Crippen molar-refractivity contribution in [1.29, 1.82) is 0 Å². The van der Waals surface area contributed by atoms with Gasteiger partial charge in [0, 0.05) is 24.5 Å². The lowest BCUT2D eigenvalue weighted by atomic mass is 10.1. The third kappa shape index (κ3) is 3.28. The van der Waals surface area contributed by atoms with Crippen LogP contribution in [0.2, 0.25) is 0 Å². The molecule has 0 aliphatic rings. The van der Waals surface area contributed by atoms with E-state index in [2.05, 4.69) is 15.3 Å². The number of hydrogen-bond donors (Lipinski definition) is 2. The van der Waals surface area contributed by atoms with Crippen molar-refractivity contribution in [3.05, 3.63) is 48.3 Å². The smallest absolute Gasteiger partial charge is 0.229 e. The molecule has 1 aromatic carbocycles. The lowest BCUT2D eigenvalue weighted by Gasteiger charge is -2.05. The Labute approximate surface area is 105 Å². The van der Waals surface area contributed by atoms with E-state index in [1.807, 2.05) is 24.3 Å². The van der Waals surface area contributed by atoms with Crippen LogP contribution in [-0.4, -0.2) is 15.9 Å². The first kappa shape index (κ1) is 12.0. The summed E-state index contributed by atoms with van der Waals surface area (Å²) in [4.78, 5) is 19.5. The van der Waals surface area contributed by atoms with Crippen LogP contribution in [0.15, 0.2) is 42.7 Å².